The molecule has 3 N–H and O–H groups in total. The molecule has 4 rings (SSSR count). The molecule has 1 aliphatic heterocycles. The van der Waals surface area contributed by atoms with Gasteiger partial charge in [-0.05, 0) is 73.8 Å². The van der Waals surface area contributed by atoms with Gasteiger partial charge in [0.2, 0.25) is 9.84 Å². The molecule has 0 amide bonds. The standard InChI is InChI=1S/C25H28F3N3O7S3/c26-25(27,28)18-1-6-22(30-14-18)40(34,35)23-7-8-24(39-23)41(36,37)31-11-9-17(10-12-31)13-29-15-20(33)16-38-21-4-2-19(32)3-5-21/h1-8,14,17,20,29,32-33H,9-13,15-16H2/t20-/m0/s1. The van der Waals surface area contributed by atoms with Gasteiger partial charge in [-0.1, -0.05) is 0 Å². The number of sulfonamides is 1. The molecule has 1 fully saturated rings. The highest BCUT2D eigenvalue weighted by Gasteiger charge is 2.34. The van der Waals surface area contributed by atoms with Crippen LogP contribution in [-0.2, 0) is 26.0 Å². The highest BCUT2D eigenvalue weighted by molar-refractivity contribution is 7.95. The quantitative estimate of drug-likeness (QED) is 0.289. The zero-order valence-electron chi connectivity index (χ0n) is 21.5. The fourth-order valence-corrected chi connectivity index (χ4v) is 8.80. The van der Waals surface area contributed by atoms with Crippen LogP contribution in [0.1, 0.15) is 18.4 Å². The Labute approximate surface area is 239 Å². The molecule has 1 atom stereocenters. The number of aromatic hydroxyl groups is 1. The van der Waals surface area contributed by atoms with Crippen molar-refractivity contribution >= 4 is 31.2 Å². The summed E-state index contributed by atoms with van der Waals surface area (Å²) >= 11 is 0.522. The molecule has 10 nitrogen and oxygen atoms in total. The smallest absolute Gasteiger partial charge is 0.417 e. The molecule has 0 saturated carbocycles. The number of rotatable bonds is 11. The first-order valence-electron chi connectivity index (χ1n) is 12.5. The minimum atomic E-state index is -4.67. The van der Waals surface area contributed by atoms with Crippen molar-refractivity contribution in [3.63, 3.8) is 0 Å². The van der Waals surface area contributed by atoms with Crippen LogP contribution in [0.5, 0.6) is 11.5 Å². The Morgan fingerprint density at radius 2 is 1.68 bits per heavy atom. The molecule has 0 spiro atoms. The molecular formula is C25H28F3N3O7S3. The van der Waals surface area contributed by atoms with Crippen molar-refractivity contribution in [2.75, 3.05) is 32.8 Å². The Balaban J connectivity index is 1.26. The number of benzene rings is 1. The summed E-state index contributed by atoms with van der Waals surface area (Å²) in [5.41, 5.74) is -1.10. The van der Waals surface area contributed by atoms with Crippen molar-refractivity contribution in [3.05, 3.63) is 60.3 Å². The summed E-state index contributed by atoms with van der Waals surface area (Å²) in [4.78, 5) is 3.43. The maximum Gasteiger partial charge on any atom is 0.417 e. The van der Waals surface area contributed by atoms with Gasteiger partial charge >= 0.3 is 6.18 Å². The number of thiophene rings is 1. The van der Waals surface area contributed by atoms with E-state index in [0.717, 1.165) is 12.1 Å². The van der Waals surface area contributed by atoms with Crippen LogP contribution in [0.4, 0.5) is 13.2 Å². The van der Waals surface area contributed by atoms with Gasteiger partial charge in [0.1, 0.15) is 32.6 Å². The monoisotopic (exact) mass is 635 g/mol. The van der Waals surface area contributed by atoms with E-state index >= 15 is 0 Å². The molecule has 41 heavy (non-hydrogen) atoms. The molecule has 2 aromatic heterocycles. The third-order valence-corrected chi connectivity index (χ3v) is 12.0. The highest BCUT2D eigenvalue weighted by Crippen LogP contribution is 2.34. The number of aromatic nitrogens is 1. The van der Waals surface area contributed by atoms with Gasteiger partial charge in [0, 0.05) is 25.8 Å². The zero-order chi connectivity index (χ0) is 29.8. The fourth-order valence-electron chi connectivity index (χ4n) is 4.13. The summed E-state index contributed by atoms with van der Waals surface area (Å²) in [6.45, 7) is 1.34. The van der Waals surface area contributed by atoms with Crippen molar-refractivity contribution in [1.82, 2.24) is 14.6 Å². The fraction of sp³-hybridized carbons (Fsp3) is 0.400. The predicted molar refractivity (Wildman–Crippen MR) is 143 cm³/mol. The molecule has 224 valence electrons. The maximum absolute atomic E-state index is 13.2. The van der Waals surface area contributed by atoms with Crippen LogP contribution in [0.2, 0.25) is 0 Å². The lowest BCUT2D eigenvalue weighted by molar-refractivity contribution is -0.137. The van der Waals surface area contributed by atoms with E-state index in [1.807, 2.05) is 0 Å². The second-order valence-corrected chi connectivity index (χ2v) is 14.8. The number of hydrogen-bond donors (Lipinski definition) is 3. The lowest BCUT2D eigenvalue weighted by Crippen LogP contribution is -2.41. The van der Waals surface area contributed by atoms with Crippen LogP contribution in [0.3, 0.4) is 0 Å². The normalized spacial score (nSPS) is 16.5. The average molecular weight is 636 g/mol. The second kappa shape index (κ2) is 12.6. The Morgan fingerprint density at radius 3 is 2.29 bits per heavy atom. The van der Waals surface area contributed by atoms with Crippen molar-refractivity contribution < 1.29 is 45.0 Å². The Kier molecular flexibility index (Phi) is 9.60. The molecule has 0 radical (unpaired) electrons. The van der Waals surface area contributed by atoms with Crippen LogP contribution < -0.4 is 10.1 Å². The molecule has 3 aromatic rings. The Morgan fingerprint density at radius 1 is 1.02 bits per heavy atom. The summed E-state index contributed by atoms with van der Waals surface area (Å²) in [7, 11) is -8.29. The molecule has 16 heteroatoms. The Hall–Kier alpha value is -2.76. The van der Waals surface area contributed by atoms with E-state index in [0.29, 0.717) is 48.7 Å². The number of halogens is 3. The highest BCUT2D eigenvalue weighted by atomic mass is 32.3. The number of nitrogens with zero attached hydrogens (tertiary/aromatic N) is 2. The number of nitrogens with one attached hydrogen (secondary N) is 1. The number of ether oxygens (including phenoxy) is 1. The summed E-state index contributed by atoms with van der Waals surface area (Å²) in [5.74, 6) is 0.791. The number of pyridine rings is 1. The molecule has 1 aliphatic rings. The predicted octanol–water partition coefficient (Wildman–Crippen LogP) is 3.13. The van der Waals surface area contributed by atoms with E-state index in [9.17, 15) is 40.2 Å². The summed E-state index contributed by atoms with van der Waals surface area (Å²) in [6.07, 6.45) is -3.92. The van der Waals surface area contributed by atoms with Gasteiger partial charge < -0.3 is 20.3 Å². The van der Waals surface area contributed by atoms with Gasteiger partial charge in [0.05, 0.1) is 5.56 Å². The van der Waals surface area contributed by atoms with Gasteiger partial charge in [-0.2, -0.15) is 17.5 Å². The van der Waals surface area contributed by atoms with Crippen LogP contribution in [0.25, 0.3) is 0 Å². The number of alkyl halides is 3. The molecule has 0 aliphatic carbocycles. The molecule has 0 unspecified atom stereocenters. The zero-order valence-corrected chi connectivity index (χ0v) is 23.9. The summed E-state index contributed by atoms with van der Waals surface area (Å²) in [6, 6.07) is 9.77. The van der Waals surface area contributed by atoms with Crippen molar-refractivity contribution in [2.24, 2.45) is 5.92 Å². The van der Waals surface area contributed by atoms with Crippen LogP contribution >= 0.6 is 11.3 Å². The first-order valence-corrected chi connectivity index (χ1v) is 16.2. The SMILES string of the molecule is O=S(=O)(c1ccc(C(F)(F)F)cn1)c1ccc(S(=O)(=O)N2CCC(CNC[C@H](O)COc3ccc(O)cc3)CC2)s1. The van der Waals surface area contributed by atoms with Gasteiger partial charge in [-0.25, -0.2) is 21.8 Å². The lowest BCUT2D eigenvalue weighted by Gasteiger charge is -2.31. The van der Waals surface area contributed by atoms with Crippen LogP contribution in [-0.4, -0.2) is 75.2 Å². The molecule has 3 heterocycles. The number of sulfone groups is 1. The summed E-state index contributed by atoms with van der Waals surface area (Å²) < 4.78 is 96.6. The van der Waals surface area contributed by atoms with Crippen molar-refractivity contribution in [1.29, 1.82) is 0 Å². The van der Waals surface area contributed by atoms with Crippen molar-refractivity contribution in [3.8, 4) is 11.5 Å². The van der Waals surface area contributed by atoms with E-state index < -0.39 is 42.7 Å². The molecule has 1 aromatic carbocycles. The number of aliphatic hydroxyl groups is 1. The first kappa shape index (κ1) is 31.2. The topological polar surface area (TPSA) is 146 Å². The molecule has 1 saturated heterocycles. The minimum absolute atomic E-state index is 0.0575. The molecule has 0 bridgehead atoms. The third kappa shape index (κ3) is 7.75. The third-order valence-electron chi connectivity index (χ3n) is 6.42. The van der Waals surface area contributed by atoms with Crippen LogP contribution in [0, 0.1) is 5.92 Å². The second-order valence-electron chi connectivity index (χ2n) is 9.42. The number of phenols is 1. The molecular weight excluding hydrogens is 607 g/mol. The van der Waals surface area contributed by atoms with E-state index in [-0.39, 0.29) is 46.3 Å². The number of hydrogen-bond acceptors (Lipinski definition) is 10. The first-order chi connectivity index (χ1) is 19.3. The summed E-state index contributed by atoms with van der Waals surface area (Å²) in [5, 5.41) is 22.0. The van der Waals surface area contributed by atoms with E-state index in [1.54, 1.807) is 12.1 Å². The van der Waals surface area contributed by atoms with Gasteiger partial charge in [0.15, 0.2) is 5.03 Å². The maximum atomic E-state index is 13.2. The van der Waals surface area contributed by atoms with E-state index in [2.05, 4.69) is 10.3 Å². The largest absolute Gasteiger partial charge is 0.508 e. The lowest BCUT2D eigenvalue weighted by atomic mass is 9.98. The van der Waals surface area contributed by atoms with E-state index in [4.69, 9.17) is 4.74 Å². The number of piperidine rings is 1. The van der Waals surface area contributed by atoms with Crippen LogP contribution in [0.15, 0.2) is 68.2 Å². The van der Waals surface area contributed by atoms with Gasteiger partial charge in [0.25, 0.3) is 10.0 Å². The van der Waals surface area contributed by atoms with E-state index in [1.165, 1.54) is 22.5 Å². The van der Waals surface area contributed by atoms with Gasteiger partial charge in [-0.3, -0.25) is 0 Å². The minimum Gasteiger partial charge on any atom is -0.508 e. The number of aliphatic hydroxyl groups excluding tert-OH is 1. The van der Waals surface area contributed by atoms with Crippen molar-refractivity contribution in [2.45, 2.75) is 38.6 Å². The number of phenolic OH excluding ortho intramolecular Hbond substituents is 1. The van der Waals surface area contributed by atoms with Gasteiger partial charge in [-0.15, -0.1) is 11.3 Å². The Bertz CT molecular complexity index is 1520. The average Bonchev–Trinajstić information content (AvgIpc) is 3.45.